The number of aromatic amines is 1. The molecule has 29 heavy (non-hydrogen) atoms. The highest BCUT2D eigenvalue weighted by Crippen LogP contribution is 2.36. The number of aliphatic imine (C=N–C) groups is 1. The molecule has 0 unspecified atom stereocenters. The number of allylic oxidation sites excluding steroid dienone is 1. The van der Waals surface area contributed by atoms with Gasteiger partial charge in [0.05, 0.1) is 12.1 Å². The Kier molecular flexibility index (Phi) is 7.24. The fourth-order valence-corrected chi connectivity index (χ4v) is 2.89. The lowest BCUT2D eigenvalue weighted by Gasteiger charge is -2.14. The van der Waals surface area contributed by atoms with Gasteiger partial charge < -0.3 is 14.2 Å². The number of rotatable bonds is 10. The highest BCUT2D eigenvalue weighted by Gasteiger charge is 2.12. The monoisotopic (exact) mass is 412 g/mol. The van der Waals surface area contributed by atoms with Crippen LogP contribution in [0.4, 0.5) is 5.95 Å². The molecule has 0 bridgehead atoms. The maximum Gasteiger partial charge on any atom is 0.245 e. The van der Waals surface area contributed by atoms with Gasteiger partial charge in [-0.2, -0.15) is 10.1 Å². The second-order valence-corrected chi connectivity index (χ2v) is 6.31. The van der Waals surface area contributed by atoms with Gasteiger partial charge in [0.15, 0.2) is 11.5 Å². The minimum Gasteiger partial charge on any atom is -0.493 e. The van der Waals surface area contributed by atoms with E-state index in [0.29, 0.717) is 35.7 Å². The molecule has 0 spiro atoms. The summed E-state index contributed by atoms with van der Waals surface area (Å²) in [4.78, 5) is 8.11. The van der Waals surface area contributed by atoms with Crippen molar-refractivity contribution in [2.24, 2.45) is 4.99 Å². The van der Waals surface area contributed by atoms with Crippen LogP contribution in [0.1, 0.15) is 11.1 Å². The lowest BCUT2D eigenvalue weighted by molar-refractivity contribution is 0.210. The molecule has 3 rings (SSSR count). The normalized spacial score (nSPS) is 10.8. The molecular weight excluding hydrogens is 392 g/mol. The van der Waals surface area contributed by atoms with Gasteiger partial charge in [0, 0.05) is 6.21 Å². The lowest BCUT2D eigenvalue weighted by atomic mass is 10.1. The van der Waals surface area contributed by atoms with Gasteiger partial charge in [-0.3, -0.25) is 0 Å². The third kappa shape index (κ3) is 5.58. The first-order chi connectivity index (χ1) is 14.2. The summed E-state index contributed by atoms with van der Waals surface area (Å²) in [6, 6.07) is 11.4. The summed E-state index contributed by atoms with van der Waals surface area (Å²) in [6.07, 6.45) is 5.58. The Hall–Kier alpha value is -3.32. The average Bonchev–Trinajstić information content (AvgIpc) is 3.25. The van der Waals surface area contributed by atoms with Crippen LogP contribution in [0.2, 0.25) is 5.02 Å². The van der Waals surface area contributed by atoms with Crippen LogP contribution < -0.4 is 14.2 Å². The molecule has 0 fully saturated rings. The number of nitrogens with one attached hydrogen (secondary N) is 1. The van der Waals surface area contributed by atoms with E-state index in [2.05, 4.69) is 26.8 Å². The second kappa shape index (κ2) is 10.3. The Morgan fingerprint density at radius 2 is 2.00 bits per heavy atom. The predicted octanol–water partition coefficient (Wildman–Crippen LogP) is 4.40. The van der Waals surface area contributed by atoms with E-state index < -0.39 is 0 Å². The Labute approximate surface area is 174 Å². The molecule has 150 valence electrons. The zero-order valence-electron chi connectivity index (χ0n) is 16.0. The largest absolute Gasteiger partial charge is 0.493 e. The number of aromatic nitrogens is 3. The zero-order valence-corrected chi connectivity index (χ0v) is 16.7. The average molecular weight is 413 g/mol. The van der Waals surface area contributed by atoms with Crippen molar-refractivity contribution < 1.29 is 14.2 Å². The van der Waals surface area contributed by atoms with Crippen molar-refractivity contribution in [1.82, 2.24) is 15.2 Å². The first kappa shape index (κ1) is 20.4. The van der Waals surface area contributed by atoms with Gasteiger partial charge in [0.2, 0.25) is 5.95 Å². The van der Waals surface area contributed by atoms with Crippen LogP contribution in [-0.2, 0) is 6.42 Å². The number of methoxy groups -OCH3 is 1. The zero-order chi connectivity index (χ0) is 20.5. The number of ether oxygens (including phenoxy) is 3. The molecule has 0 amide bonds. The Bertz CT molecular complexity index is 974. The first-order valence-corrected chi connectivity index (χ1v) is 9.30. The van der Waals surface area contributed by atoms with Gasteiger partial charge in [0.25, 0.3) is 0 Å². The standard InChI is InChI=1S/C21H21ClN4O3/c1-3-6-16-7-4-5-8-18(16)28-9-10-29-20-17(22)11-15(12-19(20)27-2)13-23-21-24-14-25-26-21/h3-5,7-8,11-14H,1,6,9-10H2,2H3,(H,24,25,26). The quantitative estimate of drug-likeness (QED) is 0.303. The summed E-state index contributed by atoms with van der Waals surface area (Å²) in [5.74, 6) is 2.17. The van der Waals surface area contributed by atoms with E-state index in [0.717, 1.165) is 23.3 Å². The van der Waals surface area contributed by atoms with Gasteiger partial charge in [-0.1, -0.05) is 35.9 Å². The fourth-order valence-electron chi connectivity index (χ4n) is 2.62. The van der Waals surface area contributed by atoms with Crippen LogP contribution in [0, 0.1) is 0 Å². The van der Waals surface area contributed by atoms with Crippen molar-refractivity contribution in [1.29, 1.82) is 0 Å². The van der Waals surface area contributed by atoms with Gasteiger partial charge in [0.1, 0.15) is 25.3 Å². The maximum absolute atomic E-state index is 6.38. The molecule has 1 N–H and O–H groups in total. The van der Waals surface area contributed by atoms with E-state index in [4.69, 9.17) is 25.8 Å². The number of benzene rings is 2. The number of hydrogen-bond acceptors (Lipinski definition) is 6. The predicted molar refractivity (Wildman–Crippen MR) is 113 cm³/mol. The van der Waals surface area contributed by atoms with Crippen LogP contribution >= 0.6 is 11.6 Å². The maximum atomic E-state index is 6.38. The SMILES string of the molecule is C=CCc1ccccc1OCCOc1c(Cl)cc(C=Nc2ncn[nH]2)cc1OC. The fraction of sp³-hybridized carbons (Fsp3) is 0.190. The highest BCUT2D eigenvalue weighted by atomic mass is 35.5. The molecule has 7 nitrogen and oxygen atoms in total. The van der Waals surface area contributed by atoms with E-state index in [9.17, 15) is 0 Å². The summed E-state index contributed by atoms with van der Waals surface area (Å²) in [7, 11) is 1.55. The minimum absolute atomic E-state index is 0.310. The number of nitrogens with zero attached hydrogens (tertiary/aromatic N) is 3. The van der Waals surface area contributed by atoms with E-state index in [1.165, 1.54) is 6.33 Å². The third-order valence-corrected chi connectivity index (χ3v) is 4.19. The Morgan fingerprint density at radius 3 is 2.76 bits per heavy atom. The van der Waals surface area contributed by atoms with Crippen LogP contribution in [-0.4, -0.2) is 41.7 Å². The van der Waals surface area contributed by atoms with Gasteiger partial charge in [-0.05, 0) is 35.7 Å². The van der Waals surface area contributed by atoms with Crippen molar-refractivity contribution in [3.8, 4) is 17.2 Å². The van der Waals surface area contributed by atoms with Crippen molar-refractivity contribution in [2.45, 2.75) is 6.42 Å². The van der Waals surface area contributed by atoms with E-state index in [1.807, 2.05) is 30.3 Å². The lowest BCUT2D eigenvalue weighted by Crippen LogP contribution is -2.11. The Balaban J connectivity index is 1.62. The van der Waals surface area contributed by atoms with Crippen LogP contribution in [0.25, 0.3) is 0 Å². The summed E-state index contributed by atoms with van der Waals surface area (Å²) in [5.41, 5.74) is 1.82. The van der Waals surface area contributed by atoms with Crippen molar-refractivity contribution in [3.63, 3.8) is 0 Å². The van der Waals surface area contributed by atoms with Crippen LogP contribution in [0.5, 0.6) is 17.2 Å². The van der Waals surface area contributed by atoms with Crippen molar-refractivity contribution in [3.05, 3.63) is 71.5 Å². The smallest absolute Gasteiger partial charge is 0.245 e. The summed E-state index contributed by atoms with van der Waals surface area (Å²) in [6.45, 7) is 4.44. The Morgan fingerprint density at radius 1 is 1.17 bits per heavy atom. The summed E-state index contributed by atoms with van der Waals surface area (Å²) in [5, 5.41) is 6.81. The molecular formula is C21H21ClN4O3. The van der Waals surface area contributed by atoms with E-state index in [1.54, 1.807) is 25.5 Å². The number of hydrogen-bond donors (Lipinski definition) is 1. The van der Waals surface area contributed by atoms with Crippen LogP contribution in [0.15, 0.2) is 60.4 Å². The summed E-state index contributed by atoms with van der Waals surface area (Å²) >= 11 is 6.38. The molecule has 0 radical (unpaired) electrons. The topological polar surface area (TPSA) is 81.6 Å². The van der Waals surface area contributed by atoms with Crippen molar-refractivity contribution >= 4 is 23.8 Å². The molecule has 2 aromatic carbocycles. The molecule has 8 heteroatoms. The molecule has 1 heterocycles. The molecule has 0 aliphatic heterocycles. The second-order valence-electron chi connectivity index (χ2n) is 5.90. The third-order valence-electron chi connectivity index (χ3n) is 3.91. The molecule has 0 aliphatic carbocycles. The number of halogens is 1. The molecule has 3 aromatic rings. The molecule has 0 saturated heterocycles. The summed E-state index contributed by atoms with van der Waals surface area (Å²) < 4.78 is 17.1. The van der Waals surface area contributed by atoms with Gasteiger partial charge in [-0.15, -0.1) is 6.58 Å². The van der Waals surface area contributed by atoms with Gasteiger partial charge in [-0.25, -0.2) is 10.1 Å². The molecule has 0 saturated carbocycles. The molecule has 1 aromatic heterocycles. The van der Waals surface area contributed by atoms with E-state index >= 15 is 0 Å². The van der Waals surface area contributed by atoms with Crippen LogP contribution in [0.3, 0.4) is 0 Å². The first-order valence-electron chi connectivity index (χ1n) is 8.92. The number of para-hydroxylation sites is 1. The number of H-pyrrole nitrogens is 1. The highest BCUT2D eigenvalue weighted by molar-refractivity contribution is 6.32. The minimum atomic E-state index is 0.310. The molecule has 0 atom stereocenters. The van der Waals surface area contributed by atoms with Crippen molar-refractivity contribution in [2.75, 3.05) is 20.3 Å². The van der Waals surface area contributed by atoms with E-state index in [-0.39, 0.29) is 0 Å². The van der Waals surface area contributed by atoms with Gasteiger partial charge >= 0.3 is 0 Å². The molecule has 0 aliphatic rings.